The summed E-state index contributed by atoms with van der Waals surface area (Å²) < 4.78 is 33.8. The number of nitrogens with zero attached hydrogens (tertiary/aromatic N) is 4. The number of carbonyl (C=O) groups is 1. The van der Waals surface area contributed by atoms with E-state index in [1.165, 1.54) is 0 Å². The lowest BCUT2D eigenvalue weighted by atomic mass is 10.1. The lowest BCUT2D eigenvalue weighted by molar-refractivity contribution is 0.0901. The molecule has 1 aromatic heterocycles. The van der Waals surface area contributed by atoms with E-state index >= 15 is 0 Å². The van der Waals surface area contributed by atoms with Gasteiger partial charge >= 0.3 is 6.09 Å². The van der Waals surface area contributed by atoms with Crippen molar-refractivity contribution in [3.8, 4) is 17.1 Å². The molecule has 1 saturated heterocycles. The van der Waals surface area contributed by atoms with Crippen LogP contribution in [0.2, 0.25) is 0 Å². The number of piperazine rings is 1. The molecule has 9 heteroatoms. The van der Waals surface area contributed by atoms with Crippen LogP contribution in [-0.4, -0.2) is 58.9 Å². The van der Waals surface area contributed by atoms with Gasteiger partial charge in [-0.25, -0.2) is 23.5 Å². The summed E-state index contributed by atoms with van der Waals surface area (Å²) in [5, 5.41) is 11.0. The van der Waals surface area contributed by atoms with Crippen molar-refractivity contribution in [3.05, 3.63) is 47.5 Å². The first-order chi connectivity index (χ1) is 15.7. The van der Waals surface area contributed by atoms with Gasteiger partial charge in [0.2, 0.25) is 0 Å². The first-order valence-electron chi connectivity index (χ1n) is 10.9. The Morgan fingerprint density at radius 2 is 1.85 bits per heavy atom. The Morgan fingerprint density at radius 3 is 2.55 bits per heavy atom. The van der Waals surface area contributed by atoms with Crippen LogP contribution in [0, 0.1) is 24.5 Å². The highest BCUT2D eigenvalue weighted by Crippen LogP contribution is 2.35. The molecule has 1 aliphatic rings. The third-order valence-electron chi connectivity index (χ3n) is 5.51. The molecular formula is C24H26F2N4O3. The number of phenolic OH excluding ortho intramolecular Hbond substituents is 1. The molecule has 1 N–H and O–H groups in total. The summed E-state index contributed by atoms with van der Waals surface area (Å²) >= 11 is 0. The molecule has 7 nitrogen and oxygen atoms in total. The number of aromatic nitrogens is 2. The summed E-state index contributed by atoms with van der Waals surface area (Å²) in [5.41, 5.74) is 1.12. The fourth-order valence-electron chi connectivity index (χ4n) is 3.76. The Kier molecular flexibility index (Phi) is 6.31. The predicted molar refractivity (Wildman–Crippen MR) is 121 cm³/mol. The van der Waals surface area contributed by atoms with Gasteiger partial charge in [-0.3, -0.25) is 0 Å². The van der Waals surface area contributed by atoms with Crippen molar-refractivity contribution >= 4 is 22.8 Å². The smallest absolute Gasteiger partial charge is 0.409 e. The molecular weight excluding hydrogens is 430 g/mol. The number of fused-ring (bicyclic) bond motifs is 1. The summed E-state index contributed by atoms with van der Waals surface area (Å²) in [6.45, 7) is 8.05. The van der Waals surface area contributed by atoms with Crippen molar-refractivity contribution < 1.29 is 23.4 Å². The molecule has 0 saturated carbocycles. The van der Waals surface area contributed by atoms with Crippen LogP contribution in [-0.2, 0) is 4.74 Å². The predicted octanol–water partition coefficient (Wildman–Crippen LogP) is 4.50. The number of hydrogen-bond acceptors (Lipinski definition) is 6. The third kappa shape index (κ3) is 4.67. The number of carbonyl (C=O) groups excluding carboxylic acids is 1. The van der Waals surface area contributed by atoms with Crippen LogP contribution in [0.3, 0.4) is 0 Å². The number of phenols is 1. The van der Waals surface area contributed by atoms with Gasteiger partial charge < -0.3 is 19.6 Å². The molecule has 0 unspecified atom stereocenters. The minimum atomic E-state index is -1.20. The van der Waals surface area contributed by atoms with E-state index in [1.807, 2.05) is 43.9 Å². The van der Waals surface area contributed by atoms with E-state index in [2.05, 4.69) is 9.97 Å². The van der Waals surface area contributed by atoms with Crippen LogP contribution in [0.5, 0.6) is 5.75 Å². The molecule has 33 heavy (non-hydrogen) atoms. The molecule has 0 aliphatic carbocycles. The lowest BCUT2D eigenvalue weighted by Crippen LogP contribution is -2.49. The normalized spacial score (nSPS) is 14.2. The zero-order valence-corrected chi connectivity index (χ0v) is 18.8. The summed E-state index contributed by atoms with van der Waals surface area (Å²) in [5.74, 6) is -2.05. The Balaban J connectivity index is 1.69. The molecule has 3 aromatic rings. The second-order valence-electron chi connectivity index (χ2n) is 8.59. The van der Waals surface area contributed by atoms with Crippen molar-refractivity contribution in [2.45, 2.75) is 20.8 Å². The molecule has 1 amide bonds. The van der Waals surface area contributed by atoms with Crippen LogP contribution in [0.4, 0.5) is 19.4 Å². The average molecular weight is 456 g/mol. The minimum Gasteiger partial charge on any atom is -0.507 e. The van der Waals surface area contributed by atoms with Crippen LogP contribution in [0.1, 0.15) is 19.4 Å². The highest BCUT2D eigenvalue weighted by atomic mass is 19.2. The van der Waals surface area contributed by atoms with Gasteiger partial charge in [-0.05, 0) is 42.7 Å². The second-order valence-corrected chi connectivity index (χ2v) is 8.59. The van der Waals surface area contributed by atoms with Gasteiger partial charge in [0.25, 0.3) is 0 Å². The van der Waals surface area contributed by atoms with Crippen LogP contribution < -0.4 is 4.90 Å². The van der Waals surface area contributed by atoms with E-state index in [9.17, 15) is 18.7 Å². The number of aromatic hydroxyl groups is 1. The van der Waals surface area contributed by atoms with Crippen LogP contribution >= 0.6 is 0 Å². The monoisotopic (exact) mass is 456 g/mol. The van der Waals surface area contributed by atoms with E-state index < -0.39 is 17.4 Å². The van der Waals surface area contributed by atoms with Gasteiger partial charge in [0.1, 0.15) is 11.6 Å². The van der Waals surface area contributed by atoms with Gasteiger partial charge in [0.15, 0.2) is 17.5 Å². The molecule has 1 aliphatic heterocycles. The Morgan fingerprint density at radius 1 is 1.12 bits per heavy atom. The number of ether oxygens (including phenoxy) is 1. The van der Waals surface area contributed by atoms with Crippen molar-refractivity contribution in [2.75, 3.05) is 37.7 Å². The van der Waals surface area contributed by atoms with Crippen molar-refractivity contribution in [3.63, 3.8) is 0 Å². The fraction of sp³-hybridized carbons (Fsp3) is 0.375. The minimum absolute atomic E-state index is 0.101. The molecule has 0 radical (unpaired) electrons. The maximum Gasteiger partial charge on any atom is 0.409 e. The Hall–Kier alpha value is -3.49. The van der Waals surface area contributed by atoms with Crippen molar-refractivity contribution in [2.24, 2.45) is 5.92 Å². The second kappa shape index (κ2) is 9.17. The number of hydrogen-bond donors (Lipinski definition) is 1. The molecule has 174 valence electrons. The highest BCUT2D eigenvalue weighted by Gasteiger charge is 2.26. The van der Waals surface area contributed by atoms with Gasteiger partial charge in [-0.2, -0.15) is 0 Å². The molecule has 4 rings (SSSR count). The van der Waals surface area contributed by atoms with Gasteiger partial charge in [0.05, 0.1) is 17.7 Å². The number of halogens is 2. The van der Waals surface area contributed by atoms with E-state index in [0.29, 0.717) is 44.1 Å². The van der Waals surface area contributed by atoms with Crippen LogP contribution in [0.25, 0.3) is 22.3 Å². The number of anilines is 1. The standard InChI is InChI=1S/C24H26F2N4O3/c1-14(2)13-33-24(32)30-10-8-29(9-11-30)23-16-5-4-15(3)12-18(16)27-22(28-23)20-19(31)7-6-17(25)21(20)26/h4-7,12,14,31H,8-11,13H2,1-3H3. The SMILES string of the molecule is Cc1ccc2c(N3CCN(C(=O)OCC(C)C)CC3)nc(-c3c(O)ccc(F)c3F)nc2c1. The number of rotatable bonds is 4. The summed E-state index contributed by atoms with van der Waals surface area (Å²) in [7, 11) is 0. The zero-order valence-electron chi connectivity index (χ0n) is 18.8. The molecule has 0 atom stereocenters. The molecule has 0 bridgehead atoms. The van der Waals surface area contributed by atoms with E-state index in [4.69, 9.17) is 4.74 Å². The third-order valence-corrected chi connectivity index (χ3v) is 5.51. The zero-order chi connectivity index (χ0) is 23.7. The molecule has 1 fully saturated rings. The Labute approximate surface area is 190 Å². The lowest BCUT2D eigenvalue weighted by Gasteiger charge is -2.35. The number of aryl methyl sites for hydroxylation is 1. The maximum absolute atomic E-state index is 14.6. The van der Waals surface area contributed by atoms with Gasteiger partial charge in [-0.1, -0.05) is 19.9 Å². The molecule has 2 heterocycles. The largest absolute Gasteiger partial charge is 0.507 e. The average Bonchev–Trinajstić information content (AvgIpc) is 2.79. The highest BCUT2D eigenvalue weighted by molar-refractivity contribution is 5.92. The van der Waals surface area contributed by atoms with Crippen LogP contribution in [0.15, 0.2) is 30.3 Å². The Bertz CT molecular complexity index is 1190. The molecule has 2 aromatic carbocycles. The molecule has 0 spiro atoms. The number of benzene rings is 2. The summed E-state index contributed by atoms with van der Waals surface area (Å²) in [6.07, 6.45) is -0.348. The topological polar surface area (TPSA) is 78.8 Å². The first kappa shape index (κ1) is 22.7. The number of amides is 1. The van der Waals surface area contributed by atoms with E-state index in [1.54, 1.807) is 4.90 Å². The van der Waals surface area contributed by atoms with E-state index in [-0.39, 0.29) is 23.4 Å². The van der Waals surface area contributed by atoms with Crippen molar-refractivity contribution in [1.82, 2.24) is 14.9 Å². The fourth-order valence-corrected chi connectivity index (χ4v) is 3.76. The van der Waals surface area contributed by atoms with E-state index in [0.717, 1.165) is 23.1 Å². The van der Waals surface area contributed by atoms with Crippen molar-refractivity contribution in [1.29, 1.82) is 0 Å². The first-order valence-corrected chi connectivity index (χ1v) is 10.9. The summed E-state index contributed by atoms with van der Waals surface area (Å²) in [4.78, 5) is 24.9. The summed E-state index contributed by atoms with van der Waals surface area (Å²) in [6, 6.07) is 7.58. The van der Waals surface area contributed by atoms with Gasteiger partial charge in [-0.15, -0.1) is 0 Å². The maximum atomic E-state index is 14.6. The van der Waals surface area contributed by atoms with Gasteiger partial charge in [0, 0.05) is 31.6 Å². The quantitative estimate of drug-likeness (QED) is 0.623.